The van der Waals surface area contributed by atoms with Crippen molar-refractivity contribution in [2.24, 2.45) is 0 Å². The summed E-state index contributed by atoms with van der Waals surface area (Å²) in [4.78, 5) is 10.8. The molecule has 0 radical (unpaired) electrons. The lowest BCUT2D eigenvalue weighted by molar-refractivity contribution is 0.0697. The average molecular weight is 354 g/mol. The minimum absolute atomic E-state index is 0.125. The third kappa shape index (κ3) is 3.32. The summed E-state index contributed by atoms with van der Waals surface area (Å²) >= 11 is 11.7. The molecule has 0 aliphatic carbocycles. The van der Waals surface area contributed by atoms with Gasteiger partial charge in [-0.25, -0.2) is 13.2 Å². The Labute approximate surface area is 131 Å². The fourth-order valence-corrected chi connectivity index (χ4v) is 4.41. The molecule has 1 aliphatic rings. The molecule has 1 saturated heterocycles. The predicted molar refractivity (Wildman–Crippen MR) is 77.4 cm³/mol. The van der Waals surface area contributed by atoms with E-state index in [0.717, 1.165) is 12.1 Å². The Morgan fingerprint density at radius 2 is 1.76 bits per heavy atom. The summed E-state index contributed by atoms with van der Waals surface area (Å²) in [6, 6.07) is 2.08. The first-order valence-electron chi connectivity index (χ1n) is 6.14. The van der Waals surface area contributed by atoms with Crippen LogP contribution in [0.3, 0.4) is 0 Å². The van der Waals surface area contributed by atoms with Crippen LogP contribution in [0.1, 0.15) is 23.2 Å². The number of aliphatic hydroxyl groups is 1. The molecule has 6 nitrogen and oxygen atoms in total. The minimum atomic E-state index is -3.92. The van der Waals surface area contributed by atoms with E-state index in [1.165, 1.54) is 4.31 Å². The molecule has 2 N–H and O–H groups in total. The van der Waals surface area contributed by atoms with Crippen molar-refractivity contribution in [3.63, 3.8) is 0 Å². The Balaban J connectivity index is 2.45. The maximum atomic E-state index is 12.5. The largest absolute Gasteiger partial charge is 0.478 e. The van der Waals surface area contributed by atoms with Gasteiger partial charge in [-0.1, -0.05) is 23.2 Å². The van der Waals surface area contributed by atoms with Gasteiger partial charge in [0.15, 0.2) is 0 Å². The monoisotopic (exact) mass is 353 g/mol. The molecule has 1 aromatic rings. The molecule has 2 rings (SSSR count). The zero-order valence-electron chi connectivity index (χ0n) is 10.8. The number of carboxylic acids is 1. The molecule has 0 unspecified atom stereocenters. The highest BCUT2D eigenvalue weighted by atomic mass is 35.5. The van der Waals surface area contributed by atoms with Crippen LogP contribution in [0, 0.1) is 0 Å². The first kappa shape index (κ1) is 16.5. The van der Waals surface area contributed by atoms with Gasteiger partial charge >= 0.3 is 5.97 Å². The van der Waals surface area contributed by atoms with Crippen LogP contribution in [0.4, 0.5) is 0 Å². The highest BCUT2D eigenvalue weighted by molar-refractivity contribution is 7.89. The SMILES string of the molecule is O=C(O)c1cc(S(=O)(=O)N2CCC(O)CC2)c(Cl)cc1Cl. The number of hydrogen-bond acceptors (Lipinski definition) is 4. The predicted octanol–water partition coefficient (Wildman–Crippen LogP) is 1.84. The number of rotatable bonds is 3. The van der Waals surface area contributed by atoms with Gasteiger partial charge in [0.05, 0.1) is 21.7 Å². The van der Waals surface area contributed by atoms with E-state index in [1.807, 2.05) is 0 Å². The summed E-state index contributed by atoms with van der Waals surface area (Å²) in [5, 5.41) is 18.2. The molecule has 0 bridgehead atoms. The van der Waals surface area contributed by atoms with Crippen molar-refractivity contribution in [1.82, 2.24) is 4.31 Å². The number of hydrogen-bond donors (Lipinski definition) is 2. The van der Waals surface area contributed by atoms with Crippen molar-refractivity contribution < 1.29 is 23.4 Å². The molecule has 0 aromatic heterocycles. The first-order valence-corrected chi connectivity index (χ1v) is 8.33. The van der Waals surface area contributed by atoms with E-state index in [0.29, 0.717) is 12.8 Å². The Morgan fingerprint density at radius 3 is 2.29 bits per heavy atom. The Kier molecular flexibility index (Phi) is 4.79. The van der Waals surface area contributed by atoms with E-state index in [1.54, 1.807) is 0 Å². The Hall–Kier alpha value is -0.860. The fourth-order valence-electron chi connectivity index (χ4n) is 2.11. The van der Waals surface area contributed by atoms with Crippen molar-refractivity contribution in [2.45, 2.75) is 23.8 Å². The van der Waals surface area contributed by atoms with Crippen molar-refractivity contribution in [3.05, 3.63) is 27.7 Å². The number of aliphatic hydroxyl groups excluding tert-OH is 1. The van der Waals surface area contributed by atoms with Crippen LogP contribution >= 0.6 is 23.2 Å². The van der Waals surface area contributed by atoms with E-state index in [2.05, 4.69) is 0 Å². The van der Waals surface area contributed by atoms with Crippen molar-refractivity contribution in [1.29, 1.82) is 0 Å². The van der Waals surface area contributed by atoms with Crippen LogP contribution < -0.4 is 0 Å². The molecule has 9 heteroatoms. The molecular weight excluding hydrogens is 341 g/mol. The van der Waals surface area contributed by atoms with E-state index in [9.17, 15) is 18.3 Å². The average Bonchev–Trinajstić information content (AvgIpc) is 2.38. The van der Waals surface area contributed by atoms with Gasteiger partial charge in [-0.15, -0.1) is 0 Å². The second kappa shape index (κ2) is 6.10. The van der Waals surface area contributed by atoms with Gasteiger partial charge in [0, 0.05) is 13.1 Å². The molecule has 1 aliphatic heterocycles. The normalized spacial score (nSPS) is 17.9. The maximum Gasteiger partial charge on any atom is 0.337 e. The number of piperidine rings is 1. The van der Waals surface area contributed by atoms with Crippen molar-refractivity contribution in [2.75, 3.05) is 13.1 Å². The van der Waals surface area contributed by atoms with Gasteiger partial charge < -0.3 is 10.2 Å². The van der Waals surface area contributed by atoms with Gasteiger partial charge in [0.25, 0.3) is 0 Å². The quantitative estimate of drug-likeness (QED) is 0.864. The highest BCUT2D eigenvalue weighted by Gasteiger charge is 2.31. The molecule has 0 spiro atoms. The van der Waals surface area contributed by atoms with E-state index in [4.69, 9.17) is 28.3 Å². The lowest BCUT2D eigenvalue weighted by Gasteiger charge is -2.29. The number of nitrogens with zero attached hydrogens (tertiary/aromatic N) is 1. The smallest absolute Gasteiger partial charge is 0.337 e. The lowest BCUT2D eigenvalue weighted by Crippen LogP contribution is -2.40. The molecule has 0 saturated carbocycles. The van der Waals surface area contributed by atoms with Crippen LogP contribution in [-0.2, 0) is 10.0 Å². The van der Waals surface area contributed by atoms with E-state index >= 15 is 0 Å². The van der Waals surface area contributed by atoms with Gasteiger partial charge in [0.2, 0.25) is 10.0 Å². The molecule has 0 atom stereocenters. The van der Waals surface area contributed by atoms with Crippen LogP contribution in [0.15, 0.2) is 17.0 Å². The van der Waals surface area contributed by atoms with Crippen LogP contribution in [0.5, 0.6) is 0 Å². The molecule has 0 amide bonds. The number of carboxylic acid groups (broad SMARTS) is 1. The zero-order valence-corrected chi connectivity index (χ0v) is 13.1. The van der Waals surface area contributed by atoms with E-state index < -0.39 is 22.1 Å². The molecule has 1 aromatic carbocycles. The van der Waals surface area contributed by atoms with E-state index in [-0.39, 0.29) is 33.6 Å². The maximum absolute atomic E-state index is 12.5. The van der Waals surface area contributed by atoms with Gasteiger partial charge in [-0.2, -0.15) is 4.31 Å². The number of aromatic carboxylic acids is 1. The second-order valence-electron chi connectivity index (χ2n) is 4.70. The molecule has 21 heavy (non-hydrogen) atoms. The summed E-state index contributed by atoms with van der Waals surface area (Å²) in [6.07, 6.45) is 0.138. The highest BCUT2D eigenvalue weighted by Crippen LogP contribution is 2.31. The lowest BCUT2D eigenvalue weighted by atomic mass is 10.1. The summed E-state index contributed by atoms with van der Waals surface area (Å²) in [5.74, 6) is -1.33. The van der Waals surface area contributed by atoms with Crippen LogP contribution in [-0.4, -0.2) is 48.1 Å². The topological polar surface area (TPSA) is 94.9 Å². The summed E-state index contributed by atoms with van der Waals surface area (Å²) < 4.78 is 26.2. The van der Waals surface area contributed by atoms with Gasteiger partial charge in [-0.05, 0) is 25.0 Å². The molecule has 1 fully saturated rings. The fraction of sp³-hybridized carbons (Fsp3) is 0.417. The first-order chi connectivity index (χ1) is 9.73. The molecular formula is C12H13Cl2NO5S. The third-order valence-corrected chi connectivity index (χ3v) is 5.97. The second-order valence-corrected chi connectivity index (χ2v) is 7.42. The standard InChI is InChI=1S/C12H13Cl2NO5S/c13-9-6-10(14)11(5-8(9)12(17)18)21(19,20)15-3-1-7(16)2-4-15/h5-7,16H,1-4H2,(H,17,18). The van der Waals surface area contributed by atoms with Gasteiger partial charge in [0.1, 0.15) is 4.90 Å². The zero-order chi connectivity index (χ0) is 15.8. The molecule has 116 valence electrons. The third-order valence-electron chi connectivity index (χ3n) is 3.29. The summed E-state index contributed by atoms with van der Waals surface area (Å²) in [6.45, 7) is 0.315. The minimum Gasteiger partial charge on any atom is -0.478 e. The Bertz CT molecular complexity index is 668. The van der Waals surface area contributed by atoms with Crippen molar-refractivity contribution >= 4 is 39.2 Å². The van der Waals surface area contributed by atoms with Crippen molar-refractivity contribution in [3.8, 4) is 0 Å². The van der Waals surface area contributed by atoms with Crippen LogP contribution in [0.25, 0.3) is 0 Å². The number of benzene rings is 1. The van der Waals surface area contributed by atoms with Crippen LogP contribution in [0.2, 0.25) is 10.0 Å². The molecule has 1 heterocycles. The number of carbonyl (C=O) groups is 1. The number of sulfonamides is 1. The summed E-state index contributed by atoms with van der Waals surface area (Å²) in [5.41, 5.74) is -0.323. The van der Waals surface area contributed by atoms with Gasteiger partial charge in [-0.3, -0.25) is 0 Å². The Morgan fingerprint density at radius 1 is 1.19 bits per heavy atom. The number of halogens is 2. The summed E-state index contributed by atoms with van der Waals surface area (Å²) in [7, 11) is -3.92.